The van der Waals surface area contributed by atoms with Crippen molar-refractivity contribution >= 4 is 23.4 Å². The Morgan fingerprint density at radius 1 is 1.30 bits per heavy atom. The number of benzene rings is 1. The summed E-state index contributed by atoms with van der Waals surface area (Å²) in [7, 11) is 1.80. The molecule has 2 aliphatic heterocycles. The van der Waals surface area contributed by atoms with Gasteiger partial charge in [0.05, 0.1) is 0 Å². The molecule has 1 aromatic carbocycles. The number of nitrogens with zero attached hydrogens (tertiary/aromatic N) is 8. The molecule has 0 spiro atoms. The lowest BCUT2D eigenvalue weighted by Crippen LogP contribution is -2.39. The normalized spacial score (nSPS) is 18.2. The van der Waals surface area contributed by atoms with Gasteiger partial charge < -0.3 is 15.1 Å². The van der Waals surface area contributed by atoms with Crippen LogP contribution in [-0.4, -0.2) is 61.8 Å². The van der Waals surface area contributed by atoms with Gasteiger partial charge in [-0.15, -0.1) is 5.10 Å². The van der Waals surface area contributed by atoms with E-state index in [4.69, 9.17) is 0 Å². The molecule has 5 rings (SSSR count). The molecule has 0 aliphatic carbocycles. The molecule has 2 aromatic heterocycles. The molecule has 154 valence electrons. The Kier molecular flexibility index (Phi) is 4.53. The van der Waals surface area contributed by atoms with Crippen LogP contribution in [0.2, 0.25) is 0 Å². The highest BCUT2D eigenvalue weighted by Gasteiger charge is 2.37. The maximum absolute atomic E-state index is 13.6. The standard InChI is InChI=1S/C20H23N9O/c1-3-21-20-22-11-16-18(23-20)28-9-5-8-15(28)12-29(19(16)30)14-7-4-6-13(10-14)17-24-25-26-27(17)2/h4,6-7,10-11,15H,3,5,8-9,12H2,1-2H3,(H,21,22,23). The summed E-state index contributed by atoms with van der Waals surface area (Å²) in [6.07, 6.45) is 3.75. The molecule has 1 N–H and O–H groups in total. The zero-order valence-corrected chi connectivity index (χ0v) is 17.0. The zero-order chi connectivity index (χ0) is 20.7. The number of hydrogen-bond acceptors (Lipinski definition) is 8. The van der Waals surface area contributed by atoms with E-state index < -0.39 is 0 Å². The molecule has 3 aromatic rings. The van der Waals surface area contributed by atoms with Gasteiger partial charge >= 0.3 is 0 Å². The predicted molar refractivity (Wildman–Crippen MR) is 112 cm³/mol. The largest absolute Gasteiger partial charge is 0.354 e. The molecule has 1 saturated heterocycles. The first-order valence-electron chi connectivity index (χ1n) is 10.2. The van der Waals surface area contributed by atoms with Crippen molar-refractivity contribution in [1.29, 1.82) is 0 Å². The second kappa shape index (κ2) is 7.36. The van der Waals surface area contributed by atoms with Crippen molar-refractivity contribution in [3.63, 3.8) is 0 Å². The summed E-state index contributed by atoms with van der Waals surface area (Å²) in [6.45, 7) is 4.23. The Morgan fingerprint density at radius 2 is 2.20 bits per heavy atom. The van der Waals surface area contributed by atoms with E-state index in [0.717, 1.165) is 43.0 Å². The van der Waals surface area contributed by atoms with E-state index in [9.17, 15) is 4.79 Å². The number of anilines is 3. The van der Waals surface area contributed by atoms with Crippen molar-refractivity contribution in [2.75, 3.05) is 34.8 Å². The monoisotopic (exact) mass is 405 g/mol. The number of rotatable bonds is 4. The highest BCUT2D eigenvalue weighted by Crippen LogP contribution is 2.34. The van der Waals surface area contributed by atoms with Crippen molar-refractivity contribution in [2.24, 2.45) is 7.05 Å². The van der Waals surface area contributed by atoms with Crippen molar-refractivity contribution in [2.45, 2.75) is 25.8 Å². The van der Waals surface area contributed by atoms with Crippen molar-refractivity contribution < 1.29 is 4.79 Å². The minimum Gasteiger partial charge on any atom is -0.354 e. The molecule has 1 amide bonds. The summed E-state index contributed by atoms with van der Waals surface area (Å²) in [5, 5.41) is 14.9. The van der Waals surface area contributed by atoms with E-state index in [2.05, 4.69) is 35.7 Å². The highest BCUT2D eigenvalue weighted by molar-refractivity contribution is 6.10. The third-order valence-electron chi connectivity index (χ3n) is 5.66. The summed E-state index contributed by atoms with van der Waals surface area (Å²) in [5.41, 5.74) is 2.21. The maximum Gasteiger partial charge on any atom is 0.263 e. The second-order valence-electron chi connectivity index (χ2n) is 7.54. The minimum absolute atomic E-state index is 0.0873. The first-order chi connectivity index (χ1) is 14.7. The van der Waals surface area contributed by atoms with Crippen LogP contribution >= 0.6 is 0 Å². The van der Waals surface area contributed by atoms with E-state index in [1.807, 2.05) is 36.1 Å². The molecule has 30 heavy (non-hydrogen) atoms. The molecular weight excluding hydrogens is 382 g/mol. The molecule has 1 fully saturated rings. The molecule has 10 nitrogen and oxygen atoms in total. The van der Waals surface area contributed by atoms with Gasteiger partial charge in [0.25, 0.3) is 5.91 Å². The summed E-state index contributed by atoms with van der Waals surface area (Å²) in [6, 6.07) is 8.00. The number of tetrazole rings is 1. The lowest BCUT2D eigenvalue weighted by Gasteiger charge is -2.27. The topological polar surface area (TPSA) is 105 Å². The van der Waals surface area contributed by atoms with Gasteiger partial charge in [-0.05, 0) is 42.3 Å². The number of amides is 1. The first kappa shape index (κ1) is 18.5. The van der Waals surface area contributed by atoms with Crippen LogP contribution in [0.15, 0.2) is 30.5 Å². The predicted octanol–water partition coefficient (Wildman–Crippen LogP) is 1.73. The van der Waals surface area contributed by atoms with E-state index in [-0.39, 0.29) is 11.9 Å². The summed E-state index contributed by atoms with van der Waals surface area (Å²) >= 11 is 0. The number of aryl methyl sites for hydroxylation is 1. The van der Waals surface area contributed by atoms with Crippen LogP contribution in [0.1, 0.15) is 30.1 Å². The third-order valence-corrected chi connectivity index (χ3v) is 5.66. The first-order valence-corrected chi connectivity index (χ1v) is 10.2. The van der Waals surface area contributed by atoms with Crippen LogP contribution in [0.25, 0.3) is 11.4 Å². The average molecular weight is 405 g/mol. The van der Waals surface area contributed by atoms with Gasteiger partial charge in [-0.25, -0.2) is 9.67 Å². The Balaban J connectivity index is 1.57. The van der Waals surface area contributed by atoms with Crippen LogP contribution < -0.4 is 15.1 Å². The molecule has 0 bridgehead atoms. The zero-order valence-electron chi connectivity index (χ0n) is 17.0. The second-order valence-corrected chi connectivity index (χ2v) is 7.54. The summed E-state index contributed by atoms with van der Waals surface area (Å²) in [5.74, 6) is 1.85. The number of aromatic nitrogens is 6. The fourth-order valence-corrected chi connectivity index (χ4v) is 4.24. The lowest BCUT2D eigenvalue weighted by atomic mass is 10.1. The van der Waals surface area contributed by atoms with Gasteiger partial charge in [0.15, 0.2) is 5.82 Å². The fourth-order valence-electron chi connectivity index (χ4n) is 4.24. The van der Waals surface area contributed by atoms with Gasteiger partial charge in [-0.3, -0.25) is 4.79 Å². The number of carbonyl (C=O) groups excluding carboxylic acids is 1. The number of nitrogens with one attached hydrogen (secondary N) is 1. The molecule has 1 atom stereocenters. The van der Waals surface area contributed by atoms with Crippen molar-refractivity contribution in [3.8, 4) is 11.4 Å². The number of carbonyl (C=O) groups is 1. The SMILES string of the molecule is CCNc1ncc2c(n1)N1CCCC1CN(c1cccc(-c3nnnn3C)c1)C2=O. The average Bonchev–Trinajstić information content (AvgIpc) is 3.38. The van der Waals surface area contributed by atoms with E-state index in [1.54, 1.807) is 17.9 Å². The summed E-state index contributed by atoms with van der Waals surface area (Å²) < 4.78 is 1.62. The van der Waals surface area contributed by atoms with Crippen molar-refractivity contribution in [1.82, 2.24) is 30.2 Å². The van der Waals surface area contributed by atoms with E-state index in [1.165, 1.54) is 0 Å². The highest BCUT2D eigenvalue weighted by atomic mass is 16.2. The Hall–Kier alpha value is -3.56. The molecule has 10 heteroatoms. The van der Waals surface area contributed by atoms with Crippen LogP contribution in [-0.2, 0) is 7.05 Å². The lowest BCUT2D eigenvalue weighted by molar-refractivity contribution is 0.0988. The van der Waals surface area contributed by atoms with Gasteiger partial charge in [-0.1, -0.05) is 12.1 Å². The van der Waals surface area contributed by atoms with Crippen LogP contribution in [0.4, 0.5) is 17.5 Å². The molecule has 1 unspecified atom stereocenters. The number of fused-ring (bicyclic) bond motifs is 3. The molecule has 0 radical (unpaired) electrons. The smallest absolute Gasteiger partial charge is 0.263 e. The Morgan fingerprint density at radius 3 is 3.00 bits per heavy atom. The number of hydrogen-bond donors (Lipinski definition) is 1. The van der Waals surface area contributed by atoms with Gasteiger partial charge in [-0.2, -0.15) is 4.98 Å². The van der Waals surface area contributed by atoms with E-state index in [0.29, 0.717) is 23.9 Å². The summed E-state index contributed by atoms with van der Waals surface area (Å²) in [4.78, 5) is 26.7. The molecule has 4 heterocycles. The van der Waals surface area contributed by atoms with Crippen LogP contribution in [0.3, 0.4) is 0 Å². The van der Waals surface area contributed by atoms with E-state index >= 15 is 0 Å². The molecule has 2 aliphatic rings. The Labute approximate surface area is 173 Å². The van der Waals surface area contributed by atoms with Gasteiger partial charge in [0.2, 0.25) is 5.95 Å². The fraction of sp³-hybridized carbons (Fsp3) is 0.400. The minimum atomic E-state index is -0.0873. The molecule has 0 saturated carbocycles. The quantitative estimate of drug-likeness (QED) is 0.700. The van der Waals surface area contributed by atoms with Crippen LogP contribution in [0, 0.1) is 0 Å². The van der Waals surface area contributed by atoms with Gasteiger partial charge in [0, 0.05) is 50.2 Å². The Bertz CT molecular complexity index is 1100. The van der Waals surface area contributed by atoms with Crippen molar-refractivity contribution in [3.05, 3.63) is 36.0 Å². The molecular formula is C20H23N9O. The van der Waals surface area contributed by atoms with Gasteiger partial charge in [0.1, 0.15) is 11.4 Å². The maximum atomic E-state index is 13.6. The third kappa shape index (κ3) is 3.04. The van der Waals surface area contributed by atoms with Crippen LogP contribution in [0.5, 0.6) is 0 Å².